The minimum atomic E-state index is 0.151. The van der Waals surface area contributed by atoms with Gasteiger partial charge in [0.15, 0.2) is 10.8 Å². The van der Waals surface area contributed by atoms with Crippen molar-refractivity contribution < 1.29 is 0 Å². The Hall–Kier alpha value is -1.65. The van der Waals surface area contributed by atoms with Gasteiger partial charge < -0.3 is 4.57 Å². The van der Waals surface area contributed by atoms with Gasteiger partial charge in [-0.15, -0.1) is 0 Å². The molecule has 3 aromatic rings. The fourth-order valence-corrected chi connectivity index (χ4v) is 3.52. The lowest BCUT2D eigenvalue weighted by Gasteiger charge is -2.26. The van der Waals surface area contributed by atoms with Crippen molar-refractivity contribution in [3.63, 3.8) is 0 Å². The first kappa shape index (κ1) is 13.0. The first-order chi connectivity index (χ1) is 10.2. The Balaban J connectivity index is 1.92. The summed E-state index contributed by atoms with van der Waals surface area (Å²) in [6.45, 7) is 0. The minimum Gasteiger partial charge on any atom is -0.307 e. The molecule has 1 unspecified atom stereocenters. The fourth-order valence-electron chi connectivity index (χ4n) is 3.10. The molecule has 0 bridgehead atoms. The Morgan fingerprint density at radius 1 is 1.14 bits per heavy atom. The van der Waals surface area contributed by atoms with Gasteiger partial charge in [0.05, 0.1) is 12.4 Å². The van der Waals surface area contributed by atoms with Crippen LogP contribution in [0.5, 0.6) is 0 Å². The second kappa shape index (κ2) is 4.97. The molecule has 1 aromatic carbocycles. The Kier molecular flexibility index (Phi) is 3.08. The molecule has 0 spiro atoms. The van der Waals surface area contributed by atoms with E-state index < -0.39 is 0 Å². The van der Waals surface area contributed by atoms with Crippen LogP contribution >= 0.6 is 23.2 Å². The topological polar surface area (TPSA) is 43.6 Å². The van der Waals surface area contributed by atoms with Crippen molar-refractivity contribution in [2.45, 2.75) is 25.3 Å². The summed E-state index contributed by atoms with van der Waals surface area (Å²) in [5.41, 5.74) is 4.02. The molecular weight excluding hydrogens is 307 g/mol. The lowest BCUT2D eigenvalue weighted by molar-refractivity contribution is 0.497. The average Bonchev–Trinajstić information content (AvgIpc) is 2.90. The number of fused-ring (bicyclic) bond motifs is 2. The molecule has 0 radical (unpaired) electrons. The van der Waals surface area contributed by atoms with E-state index in [1.165, 1.54) is 11.1 Å². The Morgan fingerprint density at radius 3 is 2.90 bits per heavy atom. The lowest BCUT2D eigenvalue weighted by Crippen LogP contribution is -2.17. The molecule has 1 atom stereocenters. The van der Waals surface area contributed by atoms with Gasteiger partial charge >= 0.3 is 0 Å². The van der Waals surface area contributed by atoms with Crippen LogP contribution in [-0.2, 0) is 6.42 Å². The van der Waals surface area contributed by atoms with E-state index >= 15 is 0 Å². The Labute approximate surface area is 131 Å². The maximum Gasteiger partial charge on any atom is 0.225 e. The molecule has 106 valence electrons. The predicted octanol–water partition coefficient (Wildman–Crippen LogP) is 4.06. The summed E-state index contributed by atoms with van der Waals surface area (Å²) >= 11 is 12.0. The van der Waals surface area contributed by atoms with Gasteiger partial charge in [0.1, 0.15) is 5.52 Å². The molecule has 0 aliphatic heterocycles. The molecular formula is C15H12Cl2N4. The molecule has 0 N–H and O–H groups in total. The van der Waals surface area contributed by atoms with Gasteiger partial charge in [0.25, 0.3) is 0 Å². The van der Waals surface area contributed by atoms with Gasteiger partial charge in [-0.05, 0) is 42.0 Å². The number of benzene rings is 1. The van der Waals surface area contributed by atoms with Crippen LogP contribution in [0, 0.1) is 0 Å². The van der Waals surface area contributed by atoms with Crippen molar-refractivity contribution in [3.05, 3.63) is 52.2 Å². The lowest BCUT2D eigenvalue weighted by atomic mass is 9.87. The zero-order chi connectivity index (χ0) is 14.4. The predicted molar refractivity (Wildman–Crippen MR) is 82.9 cm³/mol. The van der Waals surface area contributed by atoms with E-state index in [1.54, 1.807) is 6.33 Å². The van der Waals surface area contributed by atoms with Gasteiger partial charge in [-0.3, -0.25) is 0 Å². The van der Waals surface area contributed by atoms with E-state index in [2.05, 4.69) is 43.8 Å². The zero-order valence-electron chi connectivity index (χ0n) is 11.1. The molecule has 1 aliphatic rings. The quantitative estimate of drug-likeness (QED) is 0.502. The van der Waals surface area contributed by atoms with E-state index in [9.17, 15) is 0 Å². The largest absolute Gasteiger partial charge is 0.307 e. The molecule has 0 saturated heterocycles. The Morgan fingerprint density at radius 2 is 2.00 bits per heavy atom. The van der Waals surface area contributed by atoms with Crippen LogP contribution in [0.25, 0.3) is 11.2 Å². The summed E-state index contributed by atoms with van der Waals surface area (Å²) in [6, 6.07) is 8.75. The highest BCUT2D eigenvalue weighted by Gasteiger charge is 2.24. The number of hydrogen-bond donors (Lipinski definition) is 0. The van der Waals surface area contributed by atoms with Gasteiger partial charge in [-0.1, -0.05) is 35.9 Å². The van der Waals surface area contributed by atoms with Crippen molar-refractivity contribution in [2.24, 2.45) is 0 Å². The van der Waals surface area contributed by atoms with Crippen LogP contribution < -0.4 is 0 Å². The number of imidazole rings is 1. The first-order valence-corrected chi connectivity index (χ1v) is 7.63. The summed E-state index contributed by atoms with van der Waals surface area (Å²) in [6.07, 6.45) is 5.11. The highest BCUT2D eigenvalue weighted by atomic mass is 35.5. The number of nitrogens with zero attached hydrogens (tertiary/aromatic N) is 4. The molecule has 4 rings (SSSR count). The molecule has 6 heteroatoms. The van der Waals surface area contributed by atoms with E-state index in [0.717, 1.165) is 19.3 Å². The summed E-state index contributed by atoms with van der Waals surface area (Å²) in [5, 5.41) is 0.450. The van der Waals surface area contributed by atoms with Crippen molar-refractivity contribution in [2.75, 3.05) is 0 Å². The summed E-state index contributed by atoms with van der Waals surface area (Å²) < 4.78 is 2.06. The normalized spacial score (nSPS) is 17.9. The van der Waals surface area contributed by atoms with E-state index in [0.29, 0.717) is 16.3 Å². The molecule has 21 heavy (non-hydrogen) atoms. The maximum atomic E-state index is 6.10. The number of rotatable bonds is 1. The molecule has 4 nitrogen and oxygen atoms in total. The van der Waals surface area contributed by atoms with Crippen LogP contribution in [0.3, 0.4) is 0 Å². The Bertz CT molecular complexity index is 828. The summed E-state index contributed by atoms with van der Waals surface area (Å²) in [5.74, 6) is 0. The van der Waals surface area contributed by atoms with E-state index in [4.69, 9.17) is 23.2 Å². The van der Waals surface area contributed by atoms with Gasteiger partial charge in [0, 0.05) is 0 Å². The highest BCUT2D eigenvalue weighted by Crippen LogP contribution is 2.35. The molecule has 0 saturated carbocycles. The van der Waals surface area contributed by atoms with Crippen LogP contribution in [0.2, 0.25) is 10.4 Å². The first-order valence-electron chi connectivity index (χ1n) is 6.87. The maximum absolute atomic E-state index is 6.10. The second-order valence-corrected chi connectivity index (χ2v) is 5.91. The van der Waals surface area contributed by atoms with Crippen LogP contribution in [-0.4, -0.2) is 19.5 Å². The molecule has 1 aliphatic carbocycles. The smallest absolute Gasteiger partial charge is 0.225 e. The van der Waals surface area contributed by atoms with Crippen molar-refractivity contribution >= 4 is 34.4 Å². The number of hydrogen-bond acceptors (Lipinski definition) is 3. The zero-order valence-corrected chi connectivity index (χ0v) is 12.6. The third kappa shape index (κ3) is 2.10. The van der Waals surface area contributed by atoms with Gasteiger partial charge in [-0.2, -0.15) is 4.98 Å². The van der Waals surface area contributed by atoms with E-state index in [-0.39, 0.29) is 11.3 Å². The van der Waals surface area contributed by atoms with E-state index in [1.807, 2.05) is 0 Å². The van der Waals surface area contributed by atoms with Crippen LogP contribution in [0.15, 0.2) is 30.6 Å². The standard InChI is InChI=1S/C15H12Cl2N4/c16-13-12-14(20-15(17)19-13)21(8-18-12)11-7-3-5-9-4-1-2-6-10(9)11/h1-2,4,6,8,11H,3,5,7H2. The summed E-state index contributed by atoms with van der Waals surface area (Å²) in [4.78, 5) is 12.6. The van der Waals surface area contributed by atoms with Crippen LogP contribution in [0.1, 0.15) is 30.0 Å². The molecule has 2 aromatic heterocycles. The average molecular weight is 319 g/mol. The molecule has 0 fully saturated rings. The summed E-state index contributed by atoms with van der Waals surface area (Å²) in [7, 11) is 0. The van der Waals surface area contributed by atoms with Crippen molar-refractivity contribution in [3.8, 4) is 0 Å². The SMILES string of the molecule is Clc1nc(Cl)c2ncn(C3CCCc4ccccc43)c2n1. The third-order valence-corrected chi connectivity index (χ3v) is 4.46. The van der Waals surface area contributed by atoms with Crippen LogP contribution in [0.4, 0.5) is 0 Å². The minimum absolute atomic E-state index is 0.151. The van der Waals surface area contributed by atoms with Gasteiger partial charge in [-0.25, -0.2) is 9.97 Å². The molecule has 0 amide bonds. The third-order valence-electron chi connectivity index (χ3n) is 4.03. The molecule has 2 heterocycles. The fraction of sp³-hybridized carbons (Fsp3) is 0.267. The second-order valence-electron chi connectivity index (χ2n) is 5.21. The number of aromatic nitrogens is 4. The number of halogens is 2. The van der Waals surface area contributed by atoms with Crippen molar-refractivity contribution in [1.29, 1.82) is 0 Å². The monoisotopic (exact) mass is 318 g/mol. The van der Waals surface area contributed by atoms with Gasteiger partial charge in [0.2, 0.25) is 5.28 Å². The number of aryl methyl sites for hydroxylation is 1. The highest BCUT2D eigenvalue weighted by molar-refractivity contribution is 6.35. The van der Waals surface area contributed by atoms with Crippen molar-refractivity contribution in [1.82, 2.24) is 19.5 Å².